The highest BCUT2D eigenvalue weighted by atomic mass is 32.1. The monoisotopic (exact) mass is 528 g/mol. The maximum Gasteiger partial charge on any atom is 0.147 e. The van der Waals surface area contributed by atoms with Crippen molar-refractivity contribution in [2.45, 2.75) is 59.3 Å². The third-order valence-electron chi connectivity index (χ3n) is 7.72. The van der Waals surface area contributed by atoms with Gasteiger partial charge < -0.3 is 0 Å². The Morgan fingerprint density at radius 2 is 1.46 bits per heavy atom. The van der Waals surface area contributed by atoms with Crippen LogP contribution < -0.4 is 0 Å². The van der Waals surface area contributed by atoms with Crippen LogP contribution in [0.15, 0.2) is 90.3 Å². The second-order valence-corrected chi connectivity index (χ2v) is 12.1. The van der Waals surface area contributed by atoms with E-state index in [2.05, 4.69) is 129 Å². The number of hydrogen-bond donors (Lipinski definition) is 0. The van der Waals surface area contributed by atoms with Gasteiger partial charge in [-0.2, -0.15) is 0 Å². The average molecular weight is 529 g/mol. The zero-order valence-corrected chi connectivity index (χ0v) is 24.3. The second-order valence-electron chi connectivity index (χ2n) is 11.2. The Hall–Kier alpha value is -3.69. The Morgan fingerprint density at radius 3 is 2.15 bits per heavy atom. The number of hydrogen-bond acceptors (Lipinski definition) is 2. The molecule has 0 unspecified atom stereocenters. The Labute approximate surface area is 236 Å². The largest absolute Gasteiger partial charge is 0.292 e. The molecule has 3 heteroatoms. The van der Waals surface area contributed by atoms with Crippen LogP contribution in [0, 0.1) is 0 Å². The van der Waals surface area contributed by atoms with E-state index < -0.39 is 0 Å². The predicted octanol–water partition coefficient (Wildman–Crippen LogP) is 10.8. The molecule has 2 nitrogen and oxygen atoms in total. The van der Waals surface area contributed by atoms with Crippen LogP contribution in [-0.2, 0) is 6.42 Å². The SMILES string of the molecule is CCCc1ccc2scc(-c3nc4ccccc4n3-c3c(C(C)C)cc(-c4ccccc4)cc3C(C)C)c2c1. The van der Waals surface area contributed by atoms with E-state index in [-0.39, 0.29) is 0 Å². The third-order valence-corrected chi connectivity index (χ3v) is 8.69. The van der Waals surface area contributed by atoms with Gasteiger partial charge in [0.1, 0.15) is 5.82 Å². The Morgan fingerprint density at radius 1 is 0.769 bits per heavy atom. The lowest BCUT2D eigenvalue weighted by Crippen LogP contribution is -2.09. The summed E-state index contributed by atoms with van der Waals surface area (Å²) >= 11 is 1.82. The lowest BCUT2D eigenvalue weighted by Gasteiger charge is -2.24. The van der Waals surface area contributed by atoms with Gasteiger partial charge in [0, 0.05) is 21.0 Å². The standard InChI is InChI=1S/C36H36N2S/c1-6-12-25-17-18-34-30(19-25)31(22-39-34)36-37-32-15-10-11-16-33(32)38(36)35-28(23(2)3)20-27(21-29(35)24(4)5)26-13-8-7-9-14-26/h7-11,13-24H,6,12H2,1-5H3. The van der Waals surface area contributed by atoms with E-state index in [4.69, 9.17) is 4.98 Å². The minimum Gasteiger partial charge on any atom is -0.292 e. The van der Waals surface area contributed by atoms with Crippen molar-refractivity contribution in [3.63, 3.8) is 0 Å². The average Bonchev–Trinajstić information content (AvgIpc) is 3.54. The van der Waals surface area contributed by atoms with E-state index in [1.807, 2.05) is 11.3 Å². The number of aryl methyl sites for hydroxylation is 1. The van der Waals surface area contributed by atoms with Gasteiger partial charge >= 0.3 is 0 Å². The van der Waals surface area contributed by atoms with E-state index in [0.717, 1.165) is 29.7 Å². The molecule has 0 aliphatic heterocycles. The number of para-hydroxylation sites is 2. The molecule has 2 heterocycles. The molecule has 0 spiro atoms. The van der Waals surface area contributed by atoms with Crippen molar-refractivity contribution >= 4 is 32.5 Å². The summed E-state index contributed by atoms with van der Waals surface area (Å²) < 4.78 is 3.78. The van der Waals surface area contributed by atoms with Gasteiger partial charge in [-0.05, 0) is 82.5 Å². The molecule has 0 bridgehead atoms. The summed E-state index contributed by atoms with van der Waals surface area (Å²) in [4.78, 5) is 5.31. The normalized spacial score (nSPS) is 11.9. The van der Waals surface area contributed by atoms with Crippen molar-refractivity contribution in [1.82, 2.24) is 9.55 Å². The minimum absolute atomic E-state index is 0.352. The van der Waals surface area contributed by atoms with E-state index >= 15 is 0 Å². The zero-order chi connectivity index (χ0) is 27.1. The maximum absolute atomic E-state index is 5.31. The minimum atomic E-state index is 0.352. The van der Waals surface area contributed by atoms with Crippen LogP contribution >= 0.6 is 11.3 Å². The Bertz CT molecular complexity index is 1740. The summed E-state index contributed by atoms with van der Waals surface area (Å²) in [7, 11) is 0. The molecule has 6 rings (SSSR count). The van der Waals surface area contributed by atoms with Crippen LogP contribution in [0.4, 0.5) is 0 Å². The van der Waals surface area contributed by atoms with Crippen molar-refractivity contribution in [2.75, 3.05) is 0 Å². The van der Waals surface area contributed by atoms with Crippen LogP contribution in [0.2, 0.25) is 0 Å². The van der Waals surface area contributed by atoms with Gasteiger partial charge in [-0.3, -0.25) is 4.57 Å². The molecular formula is C36H36N2S. The molecule has 0 aliphatic rings. The van der Waals surface area contributed by atoms with Crippen LogP contribution in [0.3, 0.4) is 0 Å². The topological polar surface area (TPSA) is 17.8 Å². The van der Waals surface area contributed by atoms with Crippen molar-refractivity contribution in [3.05, 3.63) is 107 Å². The molecule has 0 aliphatic carbocycles. The number of aromatic nitrogens is 2. The summed E-state index contributed by atoms with van der Waals surface area (Å²) in [5.41, 5.74) is 11.4. The molecule has 0 N–H and O–H groups in total. The van der Waals surface area contributed by atoms with Crippen LogP contribution in [0.25, 0.3) is 49.3 Å². The van der Waals surface area contributed by atoms with E-state index in [1.165, 1.54) is 49.2 Å². The van der Waals surface area contributed by atoms with Gasteiger partial charge in [-0.1, -0.05) is 89.6 Å². The quantitative estimate of drug-likeness (QED) is 0.201. The number of imidazole rings is 1. The lowest BCUT2D eigenvalue weighted by molar-refractivity contribution is 0.812. The first-order chi connectivity index (χ1) is 19.0. The first-order valence-electron chi connectivity index (χ1n) is 14.2. The first kappa shape index (κ1) is 25.6. The van der Waals surface area contributed by atoms with Crippen molar-refractivity contribution < 1.29 is 0 Å². The molecule has 0 fully saturated rings. The summed E-state index contributed by atoms with van der Waals surface area (Å²) in [6.45, 7) is 11.5. The summed E-state index contributed by atoms with van der Waals surface area (Å²) in [5, 5.41) is 3.61. The third kappa shape index (κ3) is 4.59. The van der Waals surface area contributed by atoms with Gasteiger partial charge in [0.2, 0.25) is 0 Å². The fraction of sp³-hybridized carbons (Fsp3) is 0.250. The summed E-state index contributed by atoms with van der Waals surface area (Å²) in [6.07, 6.45) is 2.24. The van der Waals surface area contributed by atoms with E-state index in [9.17, 15) is 0 Å². The Balaban J connectivity index is 1.69. The van der Waals surface area contributed by atoms with Gasteiger partial charge in [0.25, 0.3) is 0 Å². The number of nitrogens with zero attached hydrogens (tertiary/aromatic N) is 2. The van der Waals surface area contributed by atoms with Gasteiger partial charge in [0.15, 0.2) is 0 Å². The number of benzene rings is 4. The molecule has 0 saturated heterocycles. The van der Waals surface area contributed by atoms with Crippen molar-refractivity contribution in [3.8, 4) is 28.2 Å². The summed E-state index contributed by atoms with van der Waals surface area (Å²) in [5.74, 6) is 1.74. The molecule has 2 aromatic heterocycles. The van der Waals surface area contributed by atoms with Gasteiger partial charge in [0.05, 0.1) is 16.7 Å². The zero-order valence-electron chi connectivity index (χ0n) is 23.5. The summed E-state index contributed by atoms with van der Waals surface area (Å²) in [6, 6.07) is 31.2. The highest BCUT2D eigenvalue weighted by Gasteiger charge is 2.24. The van der Waals surface area contributed by atoms with Crippen LogP contribution in [0.5, 0.6) is 0 Å². The van der Waals surface area contributed by atoms with Gasteiger partial charge in [-0.25, -0.2) is 4.98 Å². The number of fused-ring (bicyclic) bond motifs is 2. The molecule has 0 radical (unpaired) electrons. The predicted molar refractivity (Wildman–Crippen MR) is 169 cm³/mol. The van der Waals surface area contributed by atoms with Crippen LogP contribution in [-0.4, -0.2) is 9.55 Å². The van der Waals surface area contributed by atoms with Crippen molar-refractivity contribution in [2.24, 2.45) is 0 Å². The molecule has 196 valence electrons. The fourth-order valence-electron chi connectivity index (χ4n) is 5.74. The molecule has 0 saturated carbocycles. The van der Waals surface area contributed by atoms with Gasteiger partial charge in [-0.15, -0.1) is 11.3 Å². The highest BCUT2D eigenvalue weighted by molar-refractivity contribution is 7.17. The highest BCUT2D eigenvalue weighted by Crippen LogP contribution is 2.42. The molecule has 4 aromatic carbocycles. The Kier molecular flexibility index (Phi) is 6.86. The molecule has 0 amide bonds. The number of rotatable bonds is 7. The fourth-order valence-corrected chi connectivity index (χ4v) is 6.66. The maximum atomic E-state index is 5.31. The number of thiophene rings is 1. The van der Waals surface area contributed by atoms with E-state index in [1.54, 1.807) is 0 Å². The first-order valence-corrected chi connectivity index (χ1v) is 15.1. The second kappa shape index (κ2) is 10.5. The molecule has 0 atom stereocenters. The molecule has 39 heavy (non-hydrogen) atoms. The van der Waals surface area contributed by atoms with Crippen molar-refractivity contribution in [1.29, 1.82) is 0 Å². The van der Waals surface area contributed by atoms with E-state index in [0.29, 0.717) is 11.8 Å². The lowest BCUT2D eigenvalue weighted by atomic mass is 9.88. The van der Waals surface area contributed by atoms with Crippen LogP contribution in [0.1, 0.15) is 69.6 Å². The molecular weight excluding hydrogens is 492 g/mol. The molecule has 6 aromatic rings. The smallest absolute Gasteiger partial charge is 0.147 e.